The molecule has 3 N–H and O–H groups in total. The van der Waals surface area contributed by atoms with E-state index in [0.717, 1.165) is 0 Å². The van der Waals surface area contributed by atoms with Gasteiger partial charge in [0, 0.05) is 59.5 Å². The van der Waals surface area contributed by atoms with E-state index in [4.69, 9.17) is 25.2 Å². The van der Waals surface area contributed by atoms with E-state index in [2.05, 4.69) is 14.6 Å². The maximum atomic E-state index is 15.8. The second-order valence-electron chi connectivity index (χ2n) is 9.14. The number of anilines is 2. The van der Waals surface area contributed by atoms with E-state index in [1.165, 1.54) is 13.2 Å². The van der Waals surface area contributed by atoms with Crippen molar-refractivity contribution in [2.75, 3.05) is 50.6 Å². The molecule has 1 unspecified atom stereocenters. The van der Waals surface area contributed by atoms with Crippen molar-refractivity contribution >= 4 is 33.4 Å². The van der Waals surface area contributed by atoms with E-state index in [0.29, 0.717) is 71.5 Å². The summed E-state index contributed by atoms with van der Waals surface area (Å²) in [5.41, 5.74) is 7.38. The molecule has 5 rings (SSSR count). The SMILES string of the molecule is COc1cc2nc(-c3ccc(N)nc3)nc(N3CCOCC3)c2cc1-c1cccc(C(F)CCN[SH](=O)=O)c1F. The van der Waals surface area contributed by atoms with E-state index < -0.39 is 22.9 Å². The Kier molecular flexibility index (Phi) is 8.33. The van der Waals surface area contributed by atoms with Crippen molar-refractivity contribution in [2.45, 2.75) is 12.6 Å². The van der Waals surface area contributed by atoms with E-state index in [-0.39, 0.29) is 24.1 Å². The molecule has 1 atom stereocenters. The average molecular weight is 571 g/mol. The summed E-state index contributed by atoms with van der Waals surface area (Å²) in [6.45, 7) is 2.11. The number of ether oxygens (including phenoxy) is 2. The first-order valence-electron chi connectivity index (χ1n) is 12.6. The maximum Gasteiger partial charge on any atom is 0.201 e. The van der Waals surface area contributed by atoms with Crippen LogP contribution in [0.4, 0.5) is 20.4 Å². The molecule has 1 saturated heterocycles. The van der Waals surface area contributed by atoms with Crippen molar-refractivity contribution in [3.63, 3.8) is 0 Å². The molecular formula is C27H28F2N6O4S. The largest absolute Gasteiger partial charge is 0.496 e. The first kappa shape index (κ1) is 27.6. The third kappa shape index (κ3) is 5.81. The molecule has 0 amide bonds. The molecule has 0 bridgehead atoms. The van der Waals surface area contributed by atoms with Gasteiger partial charge in [0.05, 0.1) is 25.8 Å². The highest BCUT2D eigenvalue weighted by Gasteiger charge is 2.23. The lowest BCUT2D eigenvalue weighted by Crippen LogP contribution is -2.37. The molecule has 40 heavy (non-hydrogen) atoms. The lowest BCUT2D eigenvalue weighted by atomic mass is 9.96. The van der Waals surface area contributed by atoms with Gasteiger partial charge in [-0.05, 0) is 24.6 Å². The van der Waals surface area contributed by atoms with Crippen LogP contribution in [0.3, 0.4) is 0 Å². The van der Waals surface area contributed by atoms with Crippen LogP contribution in [0.25, 0.3) is 33.4 Å². The summed E-state index contributed by atoms with van der Waals surface area (Å²) in [5, 5.41) is 0.662. The number of alkyl halides is 1. The quantitative estimate of drug-likeness (QED) is 0.259. The van der Waals surface area contributed by atoms with Crippen LogP contribution in [0.5, 0.6) is 5.75 Å². The standard InChI is InChI=1S/C27H28F2N6O4S/c1-38-23-14-22-20(13-19(23)17-3-2-4-18(25(17)29)21(28)7-8-32-40(36)37)27(35-9-11-39-12-10-35)34-26(33-22)16-5-6-24(30)31-15-16/h2-6,13-15,21,40H,7-12H2,1H3,(H2,30,31)(H,32,36,37). The van der Waals surface area contributed by atoms with Crippen molar-refractivity contribution in [2.24, 2.45) is 0 Å². The first-order valence-corrected chi connectivity index (χ1v) is 13.8. The first-order chi connectivity index (χ1) is 19.4. The van der Waals surface area contributed by atoms with Crippen molar-refractivity contribution in [3.05, 3.63) is 60.0 Å². The van der Waals surface area contributed by atoms with Crippen molar-refractivity contribution in [1.82, 2.24) is 19.7 Å². The fourth-order valence-corrected chi connectivity index (χ4v) is 4.95. The summed E-state index contributed by atoms with van der Waals surface area (Å²) in [7, 11) is -1.39. The summed E-state index contributed by atoms with van der Waals surface area (Å²) >= 11 is 0. The van der Waals surface area contributed by atoms with Gasteiger partial charge in [0.1, 0.15) is 29.4 Å². The Morgan fingerprint density at radius 3 is 2.65 bits per heavy atom. The predicted octanol–water partition coefficient (Wildman–Crippen LogP) is 3.44. The van der Waals surface area contributed by atoms with Gasteiger partial charge in [0.2, 0.25) is 10.9 Å². The number of rotatable bonds is 9. The van der Waals surface area contributed by atoms with Gasteiger partial charge < -0.3 is 20.1 Å². The number of nitrogen functional groups attached to an aromatic ring is 1. The molecule has 1 aliphatic rings. The van der Waals surface area contributed by atoms with Crippen molar-refractivity contribution in [1.29, 1.82) is 0 Å². The highest BCUT2D eigenvalue weighted by Crippen LogP contribution is 2.40. The molecular weight excluding hydrogens is 542 g/mol. The number of nitrogens with two attached hydrogens (primary N) is 1. The van der Waals surface area contributed by atoms with Crippen LogP contribution in [-0.2, 0) is 15.6 Å². The number of hydrogen-bond acceptors (Lipinski definition) is 9. The Bertz CT molecular complexity index is 1590. The van der Waals surface area contributed by atoms with Gasteiger partial charge in [-0.15, -0.1) is 0 Å². The molecule has 210 valence electrons. The molecule has 0 saturated carbocycles. The monoisotopic (exact) mass is 570 g/mol. The molecule has 13 heteroatoms. The molecule has 0 aliphatic carbocycles. The number of fused-ring (bicyclic) bond motifs is 1. The minimum Gasteiger partial charge on any atom is -0.496 e. The van der Waals surface area contributed by atoms with Crippen LogP contribution in [0.15, 0.2) is 48.7 Å². The number of hydrogen-bond donors (Lipinski definition) is 3. The normalized spacial score (nSPS) is 14.6. The summed E-state index contributed by atoms with van der Waals surface area (Å²) in [4.78, 5) is 15.8. The minimum absolute atomic E-state index is 0.140. The number of nitrogens with zero attached hydrogens (tertiary/aromatic N) is 4. The zero-order valence-electron chi connectivity index (χ0n) is 21.6. The van der Waals surface area contributed by atoms with Crippen molar-refractivity contribution < 1.29 is 26.7 Å². The van der Waals surface area contributed by atoms with Gasteiger partial charge in [-0.2, -0.15) is 0 Å². The van der Waals surface area contributed by atoms with Crippen molar-refractivity contribution in [3.8, 4) is 28.3 Å². The third-order valence-electron chi connectivity index (χ3n) is 6.65. The second kappa shape index (κ2) is 12.1. The average Bonchev–Trinajstić information content (AvgIpc) is 2.96. The molecule has 4 aromatic rings. The summed E-state index contributed by atoms with van der Waals surface area (Å²) < 4.78 is 65.5. The molecule has 1 fully saturated rings. The fourth-order valence-electron chi connectivity index (χ4n) is 4.64. The topological polar surface area (TPSA) is 133 Å². The summed E-state index contributed by atoms with van der Waals surface area (Å²) in [5.74, 6) is 1.05. The number of aromatic nitrogens is 3. The number of benzene rings is 2. The van der Waals surface area contributed by atoms with Gasteiger partial charge in [0.25, 0.3) is 0 Å². The molecule has 0 spiro atoms. The van der Waals surface area contributed by atoms with Crippen LogP contribution >= 0.6 is 0 Å². The number of halogens is 2. The number of nitrogens with one attached hydrogen (secondary N) is 1. The van der Waals surface area contributed by atoms with E-state index >= 15 is 4.39 Å². The van der Waals surface area contributed by atoms with E-state index in [1.807, 2.05) is 0 Å². The van der Waals surface area contributed by atoms with Gasteiger partial charge in [-0.3, -0.25) is 0 Å². The Morgan fingerprint density at radius 2 is 1.95 bits per heavy atom. The number of thiol groups is 1. The molecule has 10 nitrogen and oxygen atoms in total. The Balaban J connectivity index is 1.64. The van der Waals surface area contributed by atoms with Gasteiger partial charge in [-0.25, -0.2) is 36.9 Å². The summed E-state index contributed by atoms with van der Waals surface area (Å²) in [6.07, 6.45) is -0.321. The van der Waals surface area contributed by atoms with Crippen LogP contribution in [0.1, 0.15) is 18.2 Å². The predicted molar refractivity (Wildman–Crippen MR) is 149 cm³/mol. The minimum atomic E-state index is -2.86. The van der Waals surface area contributed by atoms with E-state index in [9.17, 15) is 12.8 Å². The number of morpholine rings is 1. The fraction of sp³-hybridized carbons (Fsp3) is 0.296. The maximum absolute atomic E-state index is 15.8. The second-order valence-corrected chi connectivity index (χ2v) is 9.97. The Hall–Kier alpha value is -3.94. The number of methoxy groups -OCH3 is 1. The third-order valence-corrected chi connectivity index (χ3v) is 7.13. The lowest BCUT2D eigenvalue weighted by Gasteiger charge is -2.29. The zero-order valence-corrected chi connectivity index (χ0v) is 22.5. The summed E-state index contributed by atoms with van der Waals surface area (Å²) in [6, 6.07) is 11.4. The molecule has 3 heterocycles. The molecule has 0 radical (unpaired) electrons. The number of pyridine rings is 1. The molecule has 2 aromatic heterocycles. The highest BCUT2D eigenvalue weighted by molar-refractivity contribution is 7.70. The van der Waals surface area contributed by atoms with Gasteiger partial charge in [0.15, 0.2) is 5.82 Å². The van der Waals surface area contributed by atoms with Gasteiger partial charge in [-0.1, -0.05) is 18.2 Å². The zero-order chi connectivity index (χ0) is 28.2. The Morgan fingerprint density at radius 1 is 1.15 bits per heavy atom. The Labute approximate surface area is 231 Å². The van der Waals surface area contributed by atoms with Gasteiger partial charge >= 0.3 is 0 Å². The van der Waals surface area contributed by atoms with Crippen LogP contribution in [0.2, 0.25) is 0 Å². The van der Waals surface area contributed by atoms with Crippen LogP contribution in [0, 0.1) is 5.82 Å². The smallest absolute Gasteiger partial charge is 0.201 e. The molecule has 1 aliphatic heterocycles. The van der Waals surface area contributed by atoms with Crippen LogP contribution < -0.4 is 20.1 Å². The highest BCUT2D eigenvalue weighted by atomic mass is 32.2. The van der Waals surface area contributed by atoms with E-state index in [1.54, 1.807) is 42.6 Å². The van der Waals surface area contributed by atoms with Crippen LogP contribution in [-0.4, -0.2) is 63.3 Å². The lowest BCUT2D eigenvalue weighted by molar-refractivity contribution is 0.122. The molecule has 2 aromatic carbocycles.